The first-order valence-electron chi connectivity index (χ1n) is 5.38. The maximum atomic E-state index is 13.5. The molecule has 4 heteroatoms. The number of benzene rings is 1. The van der Waals surface area contributed by atoms with E-state index in [9.17, 15) is 4.39 Å². The van der Waals surface area contributed by atoms with Gasteiger partial charge in [0.25, 0.3) is 0 Å². The van der Waals surface area contributed by atoms with Crippen molar-refractivity contribution >= 4 is 12.4 Å². The van der Waals surface area contributed by atoms with Crippen LogP contribution in [0.2, 0.25) is 0 Å². The Kier molecular flexibility index (Phi) is 4.71. The molecule has 1 aromatic carbocycles. The van der Waals surface area contributed by atoms with Gasteiger partial charge in [-0.3, -0.25) is 4.90 Å². The number of nitrogens with zero attached hydrogens (tertiary/aromatic N) is 1. The van der Waals surface area contributed by atoms with Gasteiger partial charge in [0.2, 0.25) is 0 Å². The lowest BCUT2D eigenvalue weighted by atomic mass is 10.1. The quantitative estimate of drug-likeness (QED) is 0.863. The molecule has 0 bridgehead atoms. The van der Waals surface area contributed by atoms with Crippen molar-refractivity contribution in [1.82, 2.24) is 4.90 Å². The number of likely N-dealkylation sites (tertiary alicyclic amines) is 1. The van der Waals surface area contributed by atoms with Gasteiger partial charge in [-0.05, 0) is 19.4 Å². The SMILES string of the molecule is Cc1ccc(F)c(CN2CC[C@@H](N)C2)c1.Cl. The van der Waals surface area contributed by atoms with Gasteiger partial charge in [-0.25, -0.2) is 4.39 Å². The van der Waals surface area contributed by atoms with E-state index in [0.717, 1.165) is 30.6 Å². The molecule has 0 amide bonds. The molecule has 1 aliphatic heterocycles. The fourth-order valence-electron chi connectivity index (χ4n) is 2.07. The number of nitrogens with two attached hydrogens (primary N) is 1. The molecule has 1 fully saturated rings. The molecular formula is C12H18ClFN2. The Bertz CT molecular complexity index is 357. The molecule has 1 aromatic rings. The van der Waals surface area contributed by atoms with Crippen LogP contribution in [0.5, 0.6) is 0 Å². The summed E-state index contributed by atoms with van der Waals surface area (Å²) in [5.74, 6) is -0.110. The Morgan fingerprint density at radius 3 is 2.88 bits per heavy atom. The maximum Gasteiger partial charge on any atom is 0.127 e. The molecule has 90 valence electrons. The van der Waals surface area contributed by atoms with Crippen molar-refractivity contribution in [3.8, 4) is 0 Å². The maximum absolute atomic E-state index is 13.5. The lowest BCUT2D eigenvalue weighted by molar-refractivity contribution is 0.321. The number of hydrogen-bond acceptors (Lipinski definition) is 2. The first-order valence-corrected chi connectivity index (χ1v) is 5.38. The highest BCUT2D eigenvalue weighted by molar-refractivity contribution is 5.85. The normalized spacial score (nSPS) is 20.8. The van der Waals surface area contributed by atoms with Crippen LogP contribution in [-0.4, -0.2) is 24.0 Å². The van der Waals surface area contributed by atoms with Gasteiger partial charge in [0.05, 0.1) is 0 Å². The predicted molar refractivity (Wildman–Crippen MR) is 66.3 cm³/mol. The van der Waals surface area contributed by atoms with E-state index in [-0.39, 0.29) is 24.3 Å². The zero-order valence-corrected chi connectivity index (χ0v) is 10.3. The molecule has 2 nitrogen and oxygen atoms in total. The summed E-state index contributed by atoms with van der Waals surface area (Å²) in [5, 5.41) is 0. The monoisotopic (exact) mass is 244 g/mol. The van der Waals surface area contributed by atoms with Crippen molar-refractivity contribution in [3.05, 3.63) is 35.1 Å². The molecule has 0 spiro atoms. The number of hydrogen-bond donors (Lipinski definition) is 1. The van der Waals surface area contributed by atoms with E-state index in [1.807, 2.05) is 13.0 Å². The van der Waals surface area contributed by atoms with Gasteiger partial charge < -0.3 is 5.73 Å². The van der Waals surface area contributed by atoms with Gasteiger partial charge in [0.15, 0.2) is 0 Å². The summed E-state index contributed by atoms with van der Waals surface area (Å²) in [6, 6.07) is 5.52. The Morgan fingerprint density at radius 2 is 2.25 bits per heavy atom. The molecule has 0 aliphatic carbocycles. The van der Waals surface area contributed by atoms with E-state index in [2.05, 4.69) is 4.90 Å². The van der Waals surface area contributed by atoms with Gasteiger partial charge in [-0.1, -0.05) is 17.7 Å². The van der Waals surface area contributed by atoms with E-state index in [1.165, 1.54) is 0 Å². The lowest BCUT2D eigenvalue weighted by Gasteiger charge is -2.15. The largest absolute Gasteiger partial charge is 0.326 e. The van der Waals surface area contributed by atoms with Crippen molar-refractivity contribution in [2.75, 3.05) is 13.1 Å². The highest BCUT2D eigenvalue weighted by Crippen LogP contribution is 2.16. The minimum absolute atomic E-state index is 0. The van der Waals surface area contributed by atoms with E-state index in [1.54, 1.807) is 12.1 Å². The fraction of sp³-hybridized carbons (Fsp3) is 0.500. The van der Waals surface area contributed by atoms with Gasteiger partial charge in [-0.2, -0.15) is 0 Å². The van der Waals surface area contributed by atoms with Crippen LogP contribution in [0.3, 0.4) is 0 Å². The highest BCUT2D eigenvalue weighted by atomic mass is 35.5. The van der Waals surface area contributed by atoms with Crippen LogP contribution in [0.15, 0.2) is 18.2 Å². The second-order valence-electron chi connectivity index (χ2n) is 4.38. The molecule has 2 N–H and O–H groups in total. The second kappa shape index (κ2) is 5.62. The van der Waals surface area contributed by atoms with Crippen LogP contribution in [0.4, 0.5) is 4.39 Å². The molecule has 0 saturated carbocycles. The van der Waals surface area contributed by atoms with Crippen molar-refractivity contribution < 1.29 is 4.39 Å². The van der Waals surface area contributed by atoms with Crippen LogP contribution in [0, 0.1) is 12.7 Å². The molecule has 1 heterocycles. The molecule has 16 heavy (non-hydrogen) atoms. The fourth-order valence-corrected chi connectivity index (χ4v) is 2.07. The van der Waals surface area contributed by atoms with Gasteiger partial charge in [-0.15, -0.1) is 12.4 Å². The second-order valence-corrected chi connectivity index (χ2v) is 4.38. The Balaban J connectivity index is 0.00000128. The van der Waals surface area contributed by atoms with Crippen LogP contribution in [0.1, 0.15) is 17.5 Å². The molecule has 0 aromatic heterocycles. The molecule has 1 atom stereocenters. The summed E-state index contributed by atoms with van der Waals surface area (Å²) in [5.41, 5.74) is 7.70. The van der Waals surface area contributed by atoms with Crippen molar-refractivity contribution in [2.45, 2.75) is 25.9 Å². The van der Waals surface area contributed by atoms with Crippen LogP contribution < -0.4 is 5.73 Å². The summed E-state index contributed by atoms with van der Waals surface area (Å²) < 4.78 is 13.5. The average Bonchev–Trinajstić information content (AvgIpc) is 2.58. The van der Waals surface area contributed by atoms with Crippen molar-refractivity contribution in [3.63, 3.8) is 0 Å². The third-order valence-electron chi connectivity index (χ3n) is 2.90. The first-order chi connectivity index (χ1) is 7.15. The smallest absolute Gasteiger partial charge is 0.127 e. The molecule has 0 unspecified atom stereocenters. The van der Waals surface area contributed by atoms with Crippen LogP contribution in [0.25, 0.3) is 0 Å². The standard InChI is InChI=1S/C12H17FN2.ClH/c1-9-2-3-12(13)10(6-9)7-15-5-4-11(14)8-15;/h2-3,6,11H,4-5,7-8,14H2,1H3;1H/t11-;/m1./s1. The predicted octanol–water partition coefficient (Wildman–Crippen LogP) is 2.09. The zero-order chi connectivity index (χ0) is 10.8. The Labute approximate surface area is 102 Å². The summed E-state index contributed by atoms with van der Waals surface area (Å²) in [7, 11) is 0. The van der Waals surface area contributed by atoms with Crippen LogP contribution in [-0.2, 0) is 6.54 Å². The van der Waals surface area contributed by atoms with E-state index < -0.39 is 0 Å². The molecule has 0 radical (unpaired) electrons. The summed E-state index contributed by atoms with van der Waals surface area (Å²) in [6.07, 6.45) is 1.02. The van der Waals surface area contributed by atoms with Gasteiger partial charge in [0, 0.05) is 31.2 Å². The molecule has 1 aliphatic rings. The van der Waals surface area contributed by atoms with Gasteiger partial charge >= 0.3 is 0 Å². The lowest BCUT2D eigenvalue weighted by Crippen LogP contribution is -2.26. The minimum atomic E-state index is -0.110. The topological polar surface area (TPSA) is 29.3 Å². The third-order valence-corrected chi connectivity index (χ3v) is 2.90. The number of halogens is 2. The summed E-state index contributed by atoms with van der Waals surface area (Å²) in [6.45, 7) is 4.53. The highest BCUT2D eigenvalue weighted by Gasteiger charge is 2.19. The molecule has 1 saturated heterocycles. The Morgan fingerprint density at radius 1 is 1.50 bits per heavy atom. The number of rotatable bonds is 2. The summed E-state index contributed by atoms with van der Waals surface area (Å²) in [4.78, 5) is 2.21. The van der Waals surface area contributed by atoms with E-state index >= 15 is 0 Å². The first kappa shape index (κ1) is 13.4. The van der Waals surface area contributed by atoms with Crippen molar-refractivity contribution in [1.29, 1.82) is 0 Å². The average molecular weight is 245 g/mol. The zero-order valence-electron chi connectivity index (χ0n) is 9.45. The van der Waals surface area contributed by atoms with E-state index in [0.29, 0.717) is 6.54 Å². The van der Waals surface area contributed by atoms with E-state index in [4.69, 9.17) is 5.73 Å². The Hall–Kier alpha value is -0.640. The van der Waals surface area contributed by atoms with Crippen LogP contribution >= 0.6 is 12.4 Å². The van der Waals surface area contributed by atoms with Crippen molar-refractivity contribution in [2.24, 2.45) is 5.73 Å². The molecule has 2 rings (SSSR count). The van der Waals surface area contributed by atoms with Gasteiger partial charge in [0.1, 0.15) is 5.82 Å². The minimum Gasteiger partial charge on any atom is -0.326 e. The summed E-state index contributed by atoms with van der Waals surface area (Å²) >= 11 is 0. The third kappa shape index (κ3) is 3.17. The molecular weight excluding hydrogens is 227 g/mol. The number of aryl methyl sites for hydroxylation is 1.